The molecule has 5 heterocycles. The highest BCUT2D eigenvalue weighted by Crippen LogP contribution is 2.53. The number of aromatic amines is 2. The predicted octanol–water partition coefficient (Wildman–Crippen LogP) is 12.3. The Morgan fingerprint density at radius 3 is 2.02 bits per heavy atom. The van der Waals surface area contributed by atoms with Gasteiger partial charge in [0.15, 0.2) is 5.78 Å². The summed E-state index contributed by atoms with van der Waals surface area (Å²) in [6.07, 6.45) is 20.0. The molecule has 4 aliphatic rings. The molecule has 5 N–H and O–H groups in total. The molecule has 2 saturated heterocycles. The molecule has 8 bridgehead atoms. The number of carbonyl (C=O) groups excluding carboxylic acids is 3. The zero-order valence-corrected chi connectivity index (χ0v) is 41.7. The predicted molar refractivity (Wildman–Crippen MR) is 263 cm³/mol. The molecule has 3 aliphatic heterocycles. The lowest BCUT2D eigenvalue weighted by atomic mass is 9.84. The van der Waals surface area contributed by atoms with Gasteiger partial charge in [0.2, 0.25) is 0 Å². The van der Waals surface area contributed by atoms with Crippen LogP contribution in [0.25, 0.3) is 23.8 Å². The summed E-state index contributed by atoms with van der Waals surface area (Å²) in [5.41, 5.74) is 11.8. The van der Waals surface area contributed by atoms with Crippen LogP contribution in [-0.2, 0) is 19.1 Å². The number of H-pyrrole nitrogens is 2. The van der Waals surface area contributed by atoms with Gasteiger partial charge in [0.05, 0.1) is 24.6 Å². The Bertz CT molecular complexity index is 2230. The maximum Gasteiger partial charge on any atom is 0.316 e. The number of aliphatic hydroxyl groups is 1. The maximum absolute atomic E-state index is 13.7. The fourth-order valence-corrected chi connectivity index (χ4v) is 11.2. The van der Waals surface area contributed by atoms with Crippen molar-refractivity contribution in [2.24, 2.45) is 47.3 Å². The quantitative estimate of drug-likeness (QED) is 0.0502. The van der Waals surface area contributed by atoms with Crippen LogP contribution in [0.1, 0.15) is 195 Å². The summed E-state index contributed by atoms with van der Waals surface area (Å²) in [4.78, 5) is 47.6. The lowest BCUT2D eigenvalue weighted by molar-refractivity contribution is -0.146. The highest BCUT2D eigenvalue weighted by Gasteiger charge is 2.49. The van der Waals surface area contributed by atoms with Crippen molar-refractivity contribution in [1.82, 2.24) is 20.6 Å². The number of nitrogens with one attached hydrogen (secondary N) is 4. The fraction of sp³-hybridized carbons (Fsp3) is 0.618. The van der Waals surface area contributed by atoms with E-state index in [1.807, 2.05) is 19.9 Å². The normalized spacial score (nSPS) is 27.0. The molecule has 6 rings (SSSR count). The third kappa shape index (κ3) is 11.2. The number of ether oxygens (including phenoxy) is 2. The number of allylic oxidation sites excluding steroid dienone is 5. The number of hydrogen-bond acceptors (Lipinski definition) is 8. The van der Waals surface area contributed by atoms with Crippen LogP contribution >= 0.6 is 0 Å². The Morgan fingerprint density at radius 1 is 0.769 bits per heavy atom. The summed E-state index contributed by atoms with van der Waals surface area (Å²) in [6, 6.07) is 0. The van der Waals surface area contributed by atoms with E-state index in [0.29, 0.717) is 34.7 Å². The van der Waals surface area contributed by atoms with Crippen molar-refractivity contribution in [2.75, 3.05) is 13.7 Å². The Hall–Kier alpha value is -4.57. The van der Waals surface area contributed by atoms with Gasteiger partial charge in [-0.05, 0) is 107 Å². The van der Waals surface area contributed by atoms with Crippen LogP contribution in [0.2, 0.25) is 0 Å². The lowest BCUT2D eigenvalue weighted by Gasteiger charge is -2.21. The Kier molecular flexibility index (Phi) is 16.7. The first kappa shape index (κ1) is 49.9. The van der Waals surface area contributed by atoms with Crippen LogP contribution in [0.5, 0.6) is 0 Å². The van der Waals surface area contributed by atoms with Crippen LogP contribution in [-0.4, -0.2) is 46.5 Å². The van der Waals surface area contributed by atoms with E-state index >= 15 is 0 Å². The second kappa shape index (κ2) is 21.8. The van der Waals surface area contributed by atoms with Crippen LogP contribution < -0.4 is 10.6 Å². The van der Waals surface area contributed by atoms with E-state index in [1.54, 1.807) is 6.92 Å². The number of hydrogen-bond donors (Lipinski definition) is 5. The minimum absolute atomic E-state index is 0.0194. The summed E-state index contributed by atoms with van der Waals surface area (Å²) in [5.74, 6) is 0.563. The van der Waals surface area contributed by atoms with Crippen molar-refractivity contribution in [1.29, 1.82) is 0 Å². The number of methoxy groups -OCH3 is 1. The summed E-state index contributed by atoms with van der Waals surface area (Å²) >= 11 is 0. The van der Waals surface area contributed by atoms with E-state index in [-0.39, 0.29) is 48.5 Å². The number of carbonyl (C=O) groups is 3. The molecule has 2 aromatic rings. The highest BCUT2D eigenvalue weighted by atomic mass is 16.5. The van der Waals surface area contributed by atoms with E-state index in [0.717, 1.165) is 82.1 Å². The molecular formula is C55H80N4O6. The molecule has 0 radical (unpaired) electrons. The van der Waals surface area contributed by atoms with Crippen molar-refractivity contribution in [2.45, 2.75) is 159 Å². The van der Waals surface area contributed by atoms with E-state index in [1.165, 1.54) is 57.6 Å². The van der Waals surface area contributed by atoms with Gasteiger partial charge in [-0.2, -0.15) is 0 Å². The molecule has 65 heavy (non-hydrogen) atoms. The number of rotatable bonds is 20. The van der Waals surface area contributed by atoms with Gasteiger partial charge < -0.3 is 35.2 Å². The standard InChI is InChI=1S/C55H80N4O6/c1-13-39-34(7)41-29-46-48(38(11)60)36(9)43(57-46)27-42-35(8)40(52(58-42)50-51(55(63)64-12)54(62)49-37(10)44(59-53(49)50)28-45(39)56-41)23-24-47(61)65-26-25-33(6)22-16-21-32(5)20-15-19-31(4)18-14-17-30(2)3/h25,27-32,34-35,39-40,51,54,56-59,62H,13-24,26H2,1-12H3/b33-25+,41-29-,42-27-,45-28-,52-50-/t31-,32-,34-,35+,39-,40+,51-,54?/m1/s1. The molecule has 1 aliphatic carbocycles. The molecule has 0 aromatic carbocycles. The second-order valence-electron chi connectivity index (χ2n) is 20.6. The second-order valence-corrected chi connectivity index (χ2v) is 20.6. The maximum atomic E-state index is 13.7. The van der Waals surface area contributed by atoms with E-state index in [9.17, 15) is 19.5 Å². The third-order valence-corrected chi connectivity index (χ3v) is 15.3. The summed E-state index contributed by atoms with van der Waals surface area (Å²) in [7, 11) is 1.35. The van der Waals surface area contributed by atoms with Crippen LogP contribution in [0.4, 0.5) is 0 Å². The van der Waals surface area contributed by atoms with Crippen LogP contribution in [0, 0.1) is 61.2 Å². The average molecular weight is 893 g/mol. The van der Waals surface area contributed by atoms with E-state index < -0.39 is 18.0 Å². The number of Topliss-reactive ketones (excluding diaryl/α,β-unsaturated/α-hetero) is 1. The van der Waals surface area contributed by atoms with Crippen molar-refractivity contribution in [3.05, 3.63) is 79.5 Å². The minimum atomic E-state index is -1.13. The molecular weight excluding hydrogens is 813 g/mol. The van der Waals surface area contributed by atoms with Gasteiger partial charge in [-0.3, -0.25) is 14.4 Å². The number of aromatic nitrogens is 2. The molecule has 0 amide bonds. The SMILES string of the molecule is CC[C@H]1/C2=C/c3[nH]c4c(c3C)C(O)[C@H](C(=O)OC)/C4=C3/N/C(=C\c4[nH]c(c(C(C)=O)c4C)/C=C(\N2)[C@@H]1C)[C@@H](C)[C@@H]3CCC(=O)OC/C=C(\C)CCC[C@H](C)CCC[C@H](C)CCCC(C)C. The zero-order valence-electron chi connectivity index (χ0n) is 41.7. The van der Waals surface area contributed by atoms with Gasteiger partial charge in [0.25, 0.3) is 0 Å². The molecule has 1 unspecified atom stereocenters. The van der Waals surface area contributed by atoms with Crippen molar-refractivity contribution in [3.63, 3.8) is 0 Å². The monoisotopic (exact) mass is 893 g/mol. The van der Waals surface area contributed by atoms with Gasteiger partial charge >= 0.3 is 11.9 Å². The molecule has 0 saturated carbocycles. The van der Waals surface area contributed by atoms with E-state index in [2.05, 4.69) is 94.2 Å². The molecule has 2 aromatic heterocycles. The third-order valence-electron chi connectivity index (χ3n) is 15.3. The fourth-order valence-electron chi connectivity index (χ4n) is 11.2. The topological polar surface area (TPSA) is 146 Å². The van der Waals surface area contributed by atoms with Crippen molar-refractivity contribution < 1.29 is 29.0 Å². The van der Waals surface area contributed by atoms with E-state index in [4.69, 9.17) is 9.47 Å². The Labute approximate surface area is 389 Å². The lowest BCUT2D eigenvalue weighted by Crippen LogP contribution is -2.24. The van der Waals surface area contributed by atoms with Gasteiger partial charge in [-0.15, -0.1) is 0 Å². The highest BCUT2D eigenvalue weighted by molar-refractivity contribution is 6.00. The average Bonchev–Trinajstić information content (AvgIpc) is 4.00. The Morgan fingerprint density at radius 2 is 1.37 bits per heavy atom. The molecule has 356 valence electrons. The smallest absolute Gasteiger partial charge is 0.316 e. The number of ketones is 1. The van der Waals surface area contributed by atoms with Crippen molar-refractivity contribution >= 4 is 41.5 Å². The zero-order chi connectivity index (χ0) is 47.3. The van der Waals surface area contributed by atoms with Gasteiger partial charge in [0, 0.05) is 81.0 Å². The molecule has 8 atom stereocenters. The largest absolute Gasteiger partial charge is 0.468 e. The van der Waals surface area contributed by atoms with Gasteiger partial charge in [-0.1, -0.05) is 99.0 Å². The first-order valence-corrected chi connectivity index (χ1v) is 24.9. The minimum Gasteiger partial charge on any atom is -0.468 e. The van der Waals surface area contributed by atoms with Crippen LogP contribution in [0.15, 0.2) is 34.4 Å². The molecule has 2 fully saturated rings. The van der Waals surface area contributed by atoms with Crippen molar-refractivity contribution in [3.8, 4) is 0 Å². The summed E-state index contributed by atoms with van der Waals surface area (Å²) < 4.78 is 11.2. The number of esters is 2. The first-order valence-electron chi connectivity index (χ1n) is 24.9. The molecule has 10 heteroatoms. The van der Waals surface area contributed by atoms with Gasteiger partial charge in [0.1, 0.15) is 12.5 Å². The molecule has 10 nitrogen and oxygen atoms in total. The summed E-state index contributed by atoms with van der Waals surface area (Å²) in [6.45, 7) is 23.9. The molecule has 0 spiro atoms. The number of aliphatic hydroxyl groups excluding tert-OH is 1. The first-order chi connectivity index (χ1) is 30.9. The Balaban J connectivity index is 1.21. The summed E-state index contributed by atoms with van der Waals surface area (Å²) in [5, 5.41) is 19.4. The van der Waals surface area contributed by atoms with Gasteiger partial charge in [-0.25, -0.2) is 0 Å². The number of fused-ring (bicyclic) bond motifs is 7. The van der Waals surface area contributed by atoms with Crippen LogP contribution in [0.3, 0.4) is 0 Å².